The molecule has 0 unspecified atom stereocenters. The van der Waals surface area contributed by atoms with Crippen LogP contribution in [0.25, 0.3) is 0 Å². The van der Waals surface area contributed by atoms with Crippen molar-refractivity contribution < 1.29 is 0 Å². The first-order chi connectivity index (χ1) is 9.24. The average molecular weight is 249 g/mol. The molecule has 0 atom stereocenters. The second-order valence-electron chi connectivity index (χ2n) is 4.01. The lowest BCUT2D eigenvalue weighted by Crippen LogP contribution is -2.19. The molecule has 92 valence electrons. The molecule has 0 bridgehead atoms. The van der Waals surface area contributed by atoms with Crippen molar-refractivity contribution in [2.45, 2.75) is 6.54 Å². The minimum Gasteiger partial charge on any atom is -0.353 e. The van der Waals surface area contributed by atoms with Crippen LogP contribution in [0.5, 0.6) is 0 Å². The van der Waals surface area contributed by atoms with E-state index < -0.39 is 0 Å². The molecule has 0 amide bonds. The van der Waals surface area contributed by atoms with E-state index in [2.05, 4.69) is 16.0 Å². The molecule has 5 heteroatoms. The quantitative estimate of drug-likeness (QED) is 0.829. The Labute approximate surface area is 111 Å². The number of nitriles is 2. The van der Waals surface area contributed by atoms with Gasteiger partial charge in [0.25, 0.3) is 0 Å². The minimum absolute atomic E-state index is 0.293. The van der Waals surface area contributed by atoms with Crippen molar-refractivity contribution in [2.75, 3.05) is 11.9 Å². The van der Waals surface area contributed by atoms with Crippen LogP contribution in [0.3, 0.4) is 0 Å². The van der Waals surface area contributed by atoms with Crippen molar-refractivity contribution in [3.8, 4) is 12.1 Å². The number of nitrogens with zero attached hydrogens (tertiary/aromatic N) is 5. The normalized spacial score (nSPS) is 9.42. The molecule has 1 aromatic carbocycles. The van der Waals surface area contributed by atoms with Crippen LogP contribution in [-0.4, -0.2) is 17.0 Å². The summed E-state index contributed by atoms with van der Waals surface area (Å²) in [5, 5.41) is 17.9. The van der Waals surface area contributed by atoms with Crippen molar-refractivity contribution in [1.29, 1.82) is 10.5 Å². The summed E-state index contributed by atoms with van der Waals surface area (Å²) in [6.45, 7) is 0.558. The van der Waals surface area contributed by atoms with E-state index in [0.29, 0.717) is 23.6 Å². The third-order valence-electron chi connectivity index (χ3n) is 2.62. The fourth-order valence-corrected chi connectivity index (χ4v) is 1.78. The van der Waals surface area contributed by atoms with Crippen molar-refractivity contribution in [3.63, 3.8) is 0 Å². The van der Waals surface area contributed by atoms with Gasteiger partial charge in [-0.25, -0.2) is 9.97 Å². The van der Waals surface area contributed by atoms with Crippen LogP contribution in [0.1, 0.15) is 16.8 Å². The third kappa shape index (κ3) is 2.85. The molecule has 0 N–H and O–H groups in total. The van der Waals surface area contributed by atoms with Crippen molar-refractivity contribution in [3.05, 3.63) is 53.5 Å². The SMILES string of the molecule is CN(Cc1cccc(C#N)c1)c1nccnc1C#N. The maximum absolute atomic E-state index is 8.99. The van der Waals surface area contributed by atoms with Crippen LogP contribution < -0.4 is 4.90 Å². The van der Waals surface area contributed by atoms with Gasteiger partial charge in [-0.1, -0.05) is 12.1 Å². The molecular formula is C14H11N5. The molecule has 5 nitrogen and oxygen atoms in total. The highest BCUT2D eigenvalue weighted by atomic mass is 15.2. The topological polar surface area (TPSA) is 76.6 Å². The van der Waals surface area contributed by atoms with Crippen LogP contribution in [-0.2, 0) is 6.54 Å². The van der Waals surface area contributed by atoms with E-state index in [4.69, 9.17) is 10.5 Å². The zero-order valence-electron chi connectivity index (χ0n) is 10.4. The Balaban J connectivity index is 2.24. The molecule has 0 spiro atoms. The van der Waals surface area contributed by atoms with Gasteiger partial charge in [-0.3, -0.25) is 0 Å². The Morgan fingerprint density at radius 2 is 1.95 bits per heavy atom. The summed E-state index contributed by atoms with van der Waals surface area (Å²) in [7, 11) is 1.84. The first-order valence-corrected chi connectivity index (χ1v) is 5.66. The summed E-state index contributed by atoms with van der Waals surface area (Å²) in [6.07, 6.45) is 3.05. The number of anilines is 1. The number of benzene rings is 1. The highest BCUT2D eigenvalue weighted by Gasteiger charge is 2.10. The van der Waals surface area contributed by atoms with Crippen LogP contribution >= 0.6 is 0 Å². The third-order valence-corrected chi connectivity index (χ3v) is 2.62. The first kappa shape index (κ1) is 12.5. The van der Waals surface area contributed by atoms with E-state index in [1.807, 2.05) is 36.2 Å². The second kappa shape index (κ2) is 5.61. The predicted octanol–water partition coefficient (Wildman–Crippen LogP) is 1.86. The van der Waals surface area contributed by atoms with E-state index >= 15 is 0 Å². The average Bonchev–Trinajstić information content (AvgIpc) is 2.47. The lowest BCUT2D eigenvalue weighted by molar-refractivity contribution is 0.885. The highest BCUT2D eigenvalue weighted by Crippen LogP contribution is 2.15. The Bertz CT molecular complexity index is 666. The molecule has 0 fully saturated rings. The van der Waals surface area contributed by atoms with Gasteiger partial charge in [-0.2, -0.15) is 10.5 Å². The van der Waals surface area contributed by atoms with Crippen LogP contribution in [0.2, 0.25) is 0 Å². The molecule has 2 aromatic rings. The molecule has 1 aromatic heterocycles. The van der Waals surface area contributed by atoms with E-state index in [1.165, 1.54) is 6.20 Å². The maximum Gasteiger partial charge on any atom is 0.183 e. The standard InChI is InChI=1S/C14H11N5/c1-19(14-13(9-16)17-5-6-18-14)10-12-4-2-3-11(7-12)8-15/h2-7H,10H2,1H3. The molecule has 0 aliphatic heterocycles. The molecule has 0 aliphatic rings. The largest absolute Gasteiger partial charge is 0.353 e. The number of hydrogen-bond acceptors (Lipinski definition) is 5. The van der Waals surface area contributed by atoms with Crippen molar-refractivity contribution >= 4 is 5.82 Å². The molecule has 2 rings (SSSR count). The summed E-state index contributed by atoms with van der Waals surface area (Å²) < 4.78 is 0. The van der Waals surface area contributed by atoms with Gasteiger partial charge in [0, 0.05) is 26.0 Å². The van der Waals surface area contributed by atoms with Crippen LogP contribution in [0.15, 0.2) is 36.7 Å². The van der Waals surface area contributed by atoms with Gasteiger partial charge in [-0.15, -0.1) is 0 Å². The zero-order chi connectivity index (χ0) is 13.7. The van der Waals surface area contributed by atoms with Crippen molar-refractivity contribution in [2.24, 2.45) is 0 Å². The van der Waals surface area contributed by atoms with Crippen molar-refractivity contribution in [1.82, 2.24) is 9.97 Å². The van der Waals surface area contributed by atoms with Gasteiger partial charge in [0.2, 0.25) is 0 Å². The fraction of sp³-hybridized carbons (Fsp3) is 0.143. The van der Waals surface area contributed by atoms with Gasteiger partial charge in [0.05, 0.1) is 11.6 Å². The molecule has 19 heavy (non-hydrogen) atoms. The lowest BCUT2D eigenvalue weighted by atomic mass is 10.1. The number of aromatic nitrogens is 2. The molecule has 0 radical (unpaired) electrons. The first-order valence-electron chi connectivity index (χ1n) is 5.66. The van der Waals surface area contributed by atoms with Gasteiger partial charge >= 0.3 is 0 Å². The Morgan fingerprint density at radius 1 is 1.16 bits per heavy atom. The minimum atomic E-state index is 0.293. The number of rotatable bonds is 3. The summed E-state index contributed by atoms with van der Waals surface area (Å²) in [5.41, 5.74) is 1.89. The van der Waals surface area contributed by atoms with E-state index in [1.54, 1.807) is 12.3 Å². The van der Waals surface area contributed by atoms with Gasteiger partial charge < -0.3 is 4.90 Å². The molecule has 1 heterocycles. The maximum atomic E-state index is 8.99. The Hall–Kier alpha value is -2.92. The van der Waals surface area contributed by atoms with Gasteiger partial charge in [-0.05, 0) is 17.7 Å². The van der Waals surface area contributed by atoms with Crippen LogP contribution in [0.4, 0.5) is 5.82 Å². The fourth-order valence-electron chi connectivity index (χ4n) is 1.78. The summed E-state index contributed by atoms with van der Waals surface area (Å²) >= 11 is 0. The lowest BCUT2D eigenvalue weighted by Gasteiger charge is -2.18. The second-order valence-corrected chi connectivity index (χ2v) is 4.01. The summed E-state index contributed by atoms with van der Waals surface area (Å²) in [5.74, 6) is 0.535. The highest BCUT2D eigenvalue weighted by molar-refractivity contribution is 5.49. The molecule has 0 saturated heterocycles. The zero-order valence-corrected chi connectivity index (χ0v) is 10.4. The molecule has 0 saturated carbocycles. The van der Waals surface area contributed by atoms with Crippen LogP contribution in [0, 0.1) is 22.7 Å². The molecular weight excluding hydrogens is 238 g/mol. The van der Waals surface area contributed by atoms with Gasteiger partial charge in [0.1, 0.15) is 6.07 Å². The van der Waals surface area contributed by atoms with Gasteiger partial charge in [0.15, 0.2) is 11.5 Å². The predicted molar refractivity (Wildman–Crippen MR) is 70.0 cm³/mol. The Morgan fingerprint density at radius 3 is 2.68 bits per heavy atom. The number of hydrogen-bond donors (Lipinski definition) is 0. The monoisotopic (exact) mass is 249 g/mol. The van der Waals surface area contributed by atoms with E-state index in [-0.39, 0.29) is 0 Å². The van der Waals surface area contributed by atoms with E-state index in [0.717, 1.165) is 5.56 Å². The molecule has 0 aliphatic carbocycles. The van der Waals surface area contributed by atoms with E-state index in [9.17, 15) is 0 Å². The Kier molecular flexibility index (Phi) is 3.70. The summed E-state index contributed by atoms with van der Waals surface area (Å²) in [4.78, 5) is 9.98. The summed E-state index contributed by atoms with van der Waals surface area (Å²) in [6, 6.07) is 11.5. The smallest absolute Gasteiger partial charge is 0.183 e.